The van der Waals surface area contributed by atoms with Crippen molar-refractivity contribution >= 4 is 53.0 Å². The van der Waals surface area contributed by atoms with Gasteiger partial charge >= 0.3 is 0 Å². The van der Waals surface area contributed by atoms with Crippen molar-refractivity contribution < 1.29 is 8.42 Å². The number of rotatable bonds is 4. The predicted octanol–water partition coefficient (Wildman–Crippen LogP) is 3.50. The molecule has 6 heteroatoms. The highest BCUT2D eigenvalue weighted by atomic mass is 79.9. The van der Waals surface area contributed by atoms with Crippen LogP contribution in [-0.2, 0) is 16.3 Å². The van der Waals surface area contributed by atoms with Gasteiger partial charge in [-0.2, -0.15) is 0 Å². The first-order chi connectivity index (χ1) is 8.00. The minimum Gasteiger partial charge on any atom is -0.229 e. The van der Waals surface area contributed by atoms with E-state index in [1.807, 2.05) is 0 Å². The minimum absolute atomic E-state index is 0.320. The number of hydrogen-bond donors (Lipinski definition) is 0. The van der Waals surface area contributed by atoms with Crippen LogP contribution in [0.15, 0.2) is 15.9 Å². The molecule has 1 aliphatic heterocycles. The molecule has 2 rings (SSSR count). The molecule has 0 spiro atoms. The first kappa shape index (κ1) is 14.0. The van der Waals surface area contributed by atoms with Gasteiger partial charge in [0.1, 0.15) is 0 Å². The van der Waals surface area contributed by atoms with E-state index in [9.17, 15) is 8.42 Å². The molecule has 2 heterocycles. The molecule has 1 saturated heterocycles. The summed E-state index contributed by atoms with van der Waals surface area (Å²) in [6, 6.07) is 2.13. The standard InChI is InChI=1S/C11H14Br2O2S2/c12-5-9(3-11-4-10(13)6-16-11)8-1-2-17(14,15)7-8/h4,6,8-9H,1-3,5,7H2. The number of alkyl halides is 1. The van der Waals surface area contributed by atoms with E-state index in [0.717, 1.165) is 22.6 Å². The quantitative estimate of drug-likeness (QED) is 0.723. The lowest BCUT2D eigenvalue weighted by Gasteiger charge is -2.19. The van der Waals surface area contributed by atoms with Crippen LogP contribution in [0.2, 0.25) is 0 Å². The summed E-state index contributed by atoms with van der Waals surface area (Å²) in [5.74, 6) is 1.49. The summed E-state index contributed by atoms with van der Waals surface area (Å²) in [7, 11) is -2.76. The molecular formula is C11H14Br2O2S2. The second-order valence-corrected chi connectivity index (χ2v) is 9.30. The van der Waals surface area contributed by atoms with Crippen molar-refractivity contribution in [2.45, 2.75) is 12.8 Å². The van der Waals surface area contributed by atoms with Crippen LogP contribution in [0, 0.1) is 11.8 Å². The Balaban J connectivity index is 2.02. The highest BCUT2D eigenvalue weighted by Gasteiger charge is 2.33. The normalized spacial score (nSPS) is 24.9. The molecule has 0 amide bonds. The molecule has 0 aromatic carbocycles. The van der Waals surface area contributed by atoms with Crippen LogP contribution in [0.3, 0.4) is 0 Å². The van der Waals surface area contributed by atoms with E-state index >= 15 is 0 Å². The Morgan fingerprint density at radius 3 is 2.76 bits per heavy atom. The molecule has 1 fully saturated rings. The Bertz CT molecular complexity index is 481. The summed E-state index contributed by atoms with van der Waals surface area (Å²) >= 11 is 8.71. The fourth-order valence-corrected chi connectivity index (χ4v) is 6.48. The topological polar surface area (TPSA) is 34.1 Å². The van der Waals surface area contributed by atoms with Gasteiger partial charge in [-0.15, -0.1) is 11.3 Å². The Kier molecular flexibility index (Phi) is 4.72. The molecule has 1 aromatic heterocycles. The van der Waals surface area contributed by atoms with Crippen LogP contribution >= 0.6 is 43.2 Å². The van der Waals surface area contributed by atoms with Crippen LogP contribution in [0.1, 0.15) is 11.3 Å². The zero-order valence-electron chi connectivity index (χ0n) is 9.23. The number of thiophene rings is 1. The van der Waals surface area contributed by atoms with Gasteiger partial charge in [0, 0.05) is 20.1 Å². The van der Waals surface area contributed by atoms with Crippen molar-refractivity contribution in [1.82, 2.24) is 0 Å². The van der Waals surface area contributed by atoms with Crippen LogP contribution in [0.5, 0.6) is 0 Å². The molecule has 2 nitrogen and oxygen atoms in total. The third kappa shape index (κ3) is 3.78. The van der Waals surface area contributed by atoms with E-state index in [1.54, 1.807) is 11.3 Å². The summed E-state index contributed by atoms with van der Waals surface area (Å²) in [6.07, 6.45) is 1.80. The van der Waals surface area contributed by atoms with E-state index in [0.29, 0.717) is 23.3 Å². The fourth-order valence-electron chi connectivity index (χ4n) is 2.26. The lowest BCUT2D eigenvalue weighted by Crippen LogP contribution is -2.19. The predicted molar refractivity (Wildman–Crippen MR) is 79.8 cm³/mol. The van der Waals surface area contributed by atoms with E-state index in [2.05, 4.69) is 43.3 Å². The van der Waals surface area contributed by atoms with E-state index < -0.39 is 9.84 Å². The second-order valence-electron chi connectivity index (χ2n) is 4.51. The maximum atomic E-state index is 11.5. The first-order valence-corrected chi connectivity index (χ1v) is 10.1. The molecule has 0 N–H and O–H groups in total. The Hall–Kier alpha value is 0.610. The van der Waals surface area contributed by atoms with Crippen molar-refractivity contribution in [3.05, 3.63) is 20.8 Å². The Labute approximate surface area is 123 Å². The molecule has 1 aliphatic rings. The molecule has 0 aliphatic carbocycles. The maximum Gasteiger partial charge on any atom is 0.150 e. The molecular weight excluding hydrogens is 388 g/mol. The second kappa shape index (κ2) is 5.72. The minimum atomic E-state index is -2.76. The van der Waals surface area contributed by atoms with Crippen molar-refractivity contribution in [1.29, 1.82) is 0 Å². The largest absolute Gasteiger partial charge is 0.229 e. The van der Waals surface area contributed by atoms with E-state index in [-0.39, 0.29) is 0 Å². The van der Waals surface area contributed by atoms with E-state index in [1.165, 1.54) is 4.88 Å². The van der Waals surface area contributed by atoms with Gasteiger partial charge in [0.25, 0.3) is 0 Å². The van der Waals surface area contributed by atoms with Crippen molar-refractivity contribution in [3.63, 3.8) is 0 Å². The van der Waals surface area contributed by atoms with Gasteiger partial charge in [-0.05, 0) is 46.7 Å². The third-order valence-electron chi connectivity index (χ3n) is 3.22. The van der Waals surface area contributed by atoms with Gasteiger partial charge in [0.15, 0.2) is 9.84 Å². The lowest BCUT2D eigenvalue weighted by atomic mass is 9.90. The molecule has 96 valence electrons. The summed E-state index contributed by atoms with van der Waals surface area (Å²) in [6.45, 7) is 0. The van der Waals surface area contributed by atoms with Crippen LogP contribution < -0.4 is 0 Å². The zero-order chi connectivity index (χ0) is 12.5. The molecule has 2 unspecified atom stereocenters. The lowest BCUT2D eigenvalue weighted by molar-refractivity contribution is 0.404. The molecule has 2 atom stereocenters. The van der Waals surface area contributed by atoms with Gasteiger partial charge in [0.05, 0.1) is 11.5 Å². The molecule has 17 heavy (non-hydrogen) atoms. The van der Waals surface area contributed by atoms with Gasteiger partial charge in [-0.25, -0.2) is 8.42 Å². The van der Waals surface area contributed by atoms with Crippen LogP contribution in [-0.4, -0.2) is 25.3 Å². The highest BCUT2D eigenvalue weighted by molar-refractivity contribution is 9.10. The van der Waals surface area contributed by atoms with Gasteiger partial charge < -0.3 is 0 Å². The highest BCUT2D eigenvalue weighted by Crippen LogP contribution is 2.32. The molecule has 0 saturated carbocycles. The van der Waals surface area contributed by atoms with Gasteiger partial charge in [-0.1, -0.05) is 15.9 Å². The molecule has 0 radical (unpaired) electrons. The average Bonchev–Trinajstić information content (AvgIpc) is 2.81. The Morgan fingerprint density at radius 1 is 1.53 bits per heavy atom. The van der Waals surface area contributed by atoms with Crippen LogP contribution in [0.4, 0.5) is 0 Å². The number of sulfone groups is 1. The van der Waals surface area contributed by atoms with Crippen molar-refractivity contribution in [3.8, 4) is 0 Å². The fraction of sp³-hybridized carbons (Fsp3) is 0.636. The summed E-state index contributed by atoms with van der Waals surface area (Å²) < 4.78 is 24.1. The van der Waals surface area contributed by atoms with Crippen LogP contribution in [0.25, 0.3) is 0 Å². The third-order valence-corrected chi connectivity index (χ3v) is 7.56. The molecule has 0 bridgehead atoms. The summed E-state index contributed by atoms with van der Waals surface area (Å²) in [5.41, 5.74) is 0. The summed E-state index contributed by atoms with van der Waals surface area (Å²) in [4.78, 5) is 1.32. The Morgan fingerprint density at radius 2 is 2.29 bits per heavy atom. The number of hydrogen-bond acceptors (Lipinski definition) is 3. The average molecular weight is 402 g/mol. The number of halogens is 2. The van der Waals surface area contributed by atoms with Crippen molar-refractivity contribution in [2.24, 2.45) is 11.8 Å². The monoisotopic (exact) mass is 400 g/mol. The zero-order valence-corrected chi connectivity index (χ0v) is 14.0. The SMILES string of the molecule is O=S1(=O)CCC(C(CBr)Cc2cc(Br)cs2)C1. The maximum absolute atomic E-state index is 11.5. The van der Waals surface area contributed by atoms with Gasteiger partial charge in [-0.3, -0.25) is 0 Å². The van der Waals surface area contributed by atoms with Gasteiger partial charge in [0.2, 0.25) is 0 Å². The smallest absolute Gasteiger partial charge is 0.150 e. The molecule has 1 aromatic rings. The first-order valence-electron chi connectivity index (χ1n) is 5.49. The van der Waals surface area contributed by atoms with E-state index in [4.69, 9.17) is 0 Å². The summed E-state index contributed by atoms with van der Waals surface area (Å²) in [5, 5.41) is 2.95. The van der Waals surface area contributed by atoms with Crippen molar-refractivity contribution in [2.75, 3.05) is 16.8 Å².